The van der Waals surface area contributed by atoms with Crippen LogP contribution in [-0.4, -0.2) is 20.6 Å². The van der Waals surface area contributed by atoms with E-state index in [-0.39, 0.29) is 0 Å². The number of aromatic nitrogens is 3. The molecule has 0 bridgehead atoms. The minimum absolute atomic E-state index is 0.338. The quantitative estimate of drug-likeness (QED) is 0.642. The van der Waals surface area contributed by atoms with Crippen molar-refractivity contribution in [3.05, 3.63) is 41.5 Å². The lowest BCUT2D eigenvalue weighted by Crippen LogP contribution is -2.07. The highest BCUT2D eigenvalue weighted by Gasteiger charge is 2.04. The Labute approximate surface area is 123 Å². The smallest absolute Gasteiger partial charge is 0.164 e. The second kappa shape index (κ2) is 6.97. The Balaban J connectivity index is 2.05. The van der Waals surface area contributed by atoms with Gasteiger partial charge in [-0.25, -0.2) is 9.67 Å². The summed E-state index contributed by atoms with van der Waals surface area (Å²) in [6.07, 6.45) is 1.54. The van der Waals surface area contributed by atoms with Crippen molar-refractivity contribution in [2.45, 2.75) is 27.0 Å². The molecule has 0 amide bonds. The number of nitrogens with zero attached hydrogens (tertiary/aromatic N) is 3. The van der Waals surface area contributed by atoms with E-state index in [4.69, 9.17) is 16.3 Å². The van der Waals surface area contributed by atoms with Crippen LogP contribution in [0.3, 0.4) is 0 Å². The van der Waals surface area contributed by atoms with Crippen molar-refractivity contribution in [3.8, 4) is 17.6 Å². The first kappa shape index (κ1) is 14.4. The van der Waals surface area contributed by atoms with E-state index in [1.165, 1.54) is 6.33 Å². The molecule has 104 valence electrons. The molecule has 5 heteroatoms. The average Bonchev–Trinajstić information content (AvgIpc) is 2.91. The van der Waals surface area contributed by atoms with Gasteiger partial charge in [0, 0.05) is 12.1 Å². The normalized spacial score (nSPS) is 9.95. The van der Waals surface area contributed by atoms with E-state index in [1.807, 2.05) is 36.7 Å². The van der Waals surface area contributed by atoms with E-state index in [1.54, 1.807) is 0 Å². The van der Waals surface area contributed by atoms with E-state index in [0.29, 0.717) is 12.5 Å². The van der Waals surface area contributed by atoms with Gasteiger partial charge in [-0.3, -0.25) is 0 Å². The molecule has 0 atom stereocenters. The number of alkyl halides is 1. The minimum atomic E-state index is 0.338. The fourth-order valence-electron chi connectivity index (χ4n) is 1.81. The molecule has 2 rings (SSSR count). The van der Waals surface area contributed by atoms with Crippen LogP contribution in [0.4, 0.5) is 0 Å². The van der Waals surface area contributed by atoms with E-state index in [9.17, 15) is 0 Å². The van der Waals surface area contributed by atoms with Crippen molar-refractivity contribution in [3.63, 3.8) is 0 Å². The van der Waals surface area contributed by atoms with E-state index in [2.05, 4.69) is 21.9 Å². The van der Waals surface area contributed by atoms with Crippen LogP contribution in [-0.2, 0) is 13.2 Å². The maximum absolute atomic E-state index is 5.74. The van der Waals surface area contributed by atoms with Crippen LogP contribution in [0.15, 0.2) is 24.5 Å². The standard InChI is InChI=1S/C15H16ClN3O/c1-3-19-15(17-11-18-19)10-20-14-7-6-13(5-4-8-16)12(2)9-14/h6-7,9,11H,3,8,10H2,1-2H3. The zero-order valence-electron chi connectivity index (χ0n) is 11.6. The SMILES string of the molecule is CCn1ncnc1COc1ccc(C#CCCl)c(C)c1. The van der Waals surface area contributed by atoms with Crippen LogP contribution in [0.1, 0.15) is 23.9 Å². The molecule has 20 heavy (non-hydrogen) atoms. The lowest BCUT2D eigenvalue weighted by Gasteiger charge is -2.08. The fraction of sp³-hybridized carbons (Fsp3) is 0.333. The van der Waals surface area contributed by atoms with Gasteiger partial charge in [0.15, 0.2) is 5.82 Å². The Morgan fingerprint density at radius 2 is 2.25 bits per heavy atom. The van der Waals surface area contributed by atoms with E-state index in [0.717, 1.165) is 29.2 Å². The largest absolute Gasteiger partial charge is 0.486 e. The first-order chi connectivity index (χ1) is 9.74. The molecule has 0 saturated heterocycles. The monoisotopic (exact) mass is 289 g/mol. The molecule has 0 radical (unpaired) electrons. The molecule has 4 nitrogen and oxygen atoms in total. The second-order valence-electron chi connectivity index (χ2n) is 4.19. The van der Waals surface area contributed by atoms with Gasteiger partial charge in [0.2, 0.25) is 0 Å². The molecular formula is C15H16ClN3O. The first-order valence-corrected chi connectivity index (χ1v) is 6.93. The van der Waals surface area contributed by atoms with Gasteiger partial charge >= 0.3 is 0 Å². The maximum atomic E-state index is 5.74. The molecule has 2 aromatic rings. The van der Waals surface area contributed by atoms with Crippen molar-refractivity contribution < 1.29 is 4.74 Å². The van der Waals surface area contributed by atoms with Crippen LogP contribution in [0.25, 0.3) is 0 Å². The van der Waals surface area contributed by atoms with E-state index < -0.39 is 0 Å². The second-order valence-corrected chi connectivity index (χ2v) is 4.46. The zero-order valence-corrected chi connectivity index (χ0v) is 12.3. The highest BCUT2D eigenvalue weighted by Crippen LogP contribution is 2.17. The van der Waals surface area contributed by atoms with Crippen molar-refractivity contribution >= 4 is 11.6 Å². The van der Waals surface area contributed by atoms with Crippen LogP contribution < -0.4 is 4.74 Å². The fourth-order valence-corrected chi connectivity index (χ4v) is 1.87. The van der Waals surface area contributed by atoms with Gasteiger partial charge in [-0.15, -0.1) is 11.6 Å². The Kier molecular flexibility index (Phi) is 5.03. The molecule has 0 N–H and O–H groups in total. The predicted molar refractivity (Wildman–Crippen MR) is 78.8 cm³/mol. The van der Waals surface area contributed by atoms with Crippen molar-refractivity contribution in [1.82, 2.24) is 14.8 Å². The molecule has 1 aromatic heterocycles. The summed E-state index contributed by atoms with van der Waals surface area (Å²) in [4.78, 5) is 4.17. The number of hydrogen-bond donors (Lipinski definition) is 0. The summed E-state index contributed by atoms with van der Waals surface area (Å²) in [6.45, 7) is 5.21. The molecule has 0 aliphatic heterocycles. The Morgan fingerprint density at radius 3 is 2.95 bits per heavy atom. The maximum Gasteiger partial charge on any atom is 0.164 e. The van der Waals surface area contributed by atoms with Crippen LogP contribution >= 0.6 is 11.6 Å². The number of rotatable bonds is 4. The summed E-state index contributed by atoms with van der Waals surface area (Å²) in [5.74, 6) is 7.81. The summed E-state index contributed by atoms with van der Waals surface area (Å²) < 4.78 is 7.55. The number of ether oxygens (including phenoxy) is 1. The highest BCUT2D eigenvalue weighted by atomic mass is 35.5. The number of aryl methyl sites for hydroxylation is 2. The van der Waals surface area contributed by atoms with Gasteiger partial charge in [-0.1, -0.05) is 11.8 Å². The number of benzene rings is 1. The predicted octanol–water partition coefficient (Wildman–Crippen LogP) is 2.78. The van der Waals surface area contributed by atoms with Crippen LogP contribution in [0.2, 0.25) is 0 Å². The summed E-state index contributed by atoms with van der Waals surface area (Å²) in [6, 6.07) is 5.80. The Bertz CT molecular complexity index is 640. The highest BCUT2D eigenvalue weighted by molar-refractivity contribution is 6.19. The van der Waals surface area contributed by atoms with Crippen molar-refractivity contribution in [2.75, 3.05) is 5.88 Å². The lowest BCUT2D eigenvalue weighted by atomic mass is 10.1. The topological polar surface area (TPSA) is 39.9 Å². The van der Waals surface area contributed by atoms with Crippen LogP contribution in [0, 0.1) is 18.8 Å². The van der Waals surface area contributed by atoms with Gasteiger partial charge in [-0.2, -0.15) is 5.10 Å². The lowest BCUT2D eigenvalue weighted by molar-refractivity contribution is 0.287. The third kappa shape index (κ3) is 3.52. The molecule has 0 spiro atoms. The molecule has 1 aromatic carbocycles. The van der Waals surface area contributed by atoms with Gasteiger partial charge in [0.05, 0.1) is 5.88 Å². The third-order valence-corrected chi connectivity index (χ3v) is 2.98. The van der Waals surface area contributed by atoms with Gasteiger partial charge in [0.1, 0.15) is 18.7 Å². The third-order valence-electron chi connectivity index (χ3n) is 2.85. The molecule has 0 aliphatic carbocycles. The molecule has 0 unspecified atom stereocenters. The summed E-state index contributed by atoms with van der Waals surface area (Å²) in [7, 11) is 0. The Hall–Kier alpha value is -1.99. The van der Waals surface area contributed by atoms with Crippen molar-refractivity contribution in [2.24, 2.45) is 0 Å². The van der Waals surface area contributed by atoms with Gasteiger partial charge < -0.3 is 4.74 Å². The summed E-state index contributed by atoms with van der Waals surface area (Å²) in [5, 5.41) is 4.11. The number of halogens is 1. The van der Waals surface area contributed by atoms with E-state index >= 15 is 0 Å². The average molecular weight is 290 g/mol. The zero-order chi connectivity index (χ0) is 14.4. The summed E-state index contributed by atoms with van der Waals surface area (Å²) >= 11 is 5.56. The first-order valence-electron chi connectivity index (χ1n) is 6.39. The molecule has 0 aliphatic rings. The molecule has 0 fully saturated rings. The van der Waals surface area contributed by atoms with Crippen molar-refractivity contribution in [1.29, 1.82) is 0 Å². The molecular weight excluding hydrogens is 274 g/mol. The molecule has 1 heterocycles. The Morgan fingerprint density at radius 1 is 1.40 bits per heavy atom. The van der Waals surface area contributed by atoms with Gasteiger partial charge in [-0.05, 0) is 37.6 Å². The summed E-state index contributed by atoms with van der Waals surface area (Å²) in [5.41, 5.74) is 2.03. The molecule has 0 saturated carbocycles. The van der Waals surface area contributed by atoms with Gasteiger partial charge in [0.25, 0.3) is 0 Å². The van der Waals surface area contributed by atoms with Crippen LogP contribution in [0.5, 0.6) is 5.75 Å². The number of hydrogen-bond acceptors (Lipinski definition) is 3. The minimum Gasteiger partial charge on any atom is -0.486 e.